The van der Waals surface area contributed by atoms with Gasteiger partial charge in [-0.1, -0.05) is 0 Å². The lowest BCUT2D eigenvalue weighted by molar-refractivity contribution is 0.537. The molecule has 0 aliphatic rings. The molecule has 62 valence electrons. The third-order valence-electron chi connectivity index (χ3n) is 1.20. The molecule has 0 aromatic carbocycles. The van der Waals surface area contributed by atoms with Crippen LogP contribution in [0.2, 0.25) is 0 Å². The molecule has 0 aliphatic heterocycles. The quantitative estimate of drug-likeness (QED) is 0.675. The van der Waals surface area contributed by atoms with Gasteiger partial charge in [0.15, 0.2) is 0 Å². The number of nitrogens with one attached hydrogen (secondary N) is 1. The molecule has 0 aliphatic carbocycles. The third-order valence-corrected chi connectivity index (χ3v) is 1.20. The Kier molecular flexibility index (Phi) is 2.48. The first-order valence-electron chi connectivity index (χ1n) is 3.60. The van der Waals surface area contributed by atoms with E-state index < -0.39 is 0 Å². The first-order chi connectivity index (χ1) is 5.18. The summed E-state index contributed by atoms with van der Waals surface area (Å²) < 4.78 is 5.16. The van der Waals surface area contributed by atoms with E-state index in [1.807, 2.05) is 13.8 Å². The Morgan fingerprint density at radius 2 is 2.55 bits per heavy atom. The Bertz CT molecular complexity index is 219. The number of oxazole rings is 1. The van der Waals surface area contributed by atoms with Crippen LogP contribution in [-0.4, -0.2) is 17.6 Å². The van der Waals surface area contributed by atoms with Gasteiger partial charge in [-0.05, 0) is 13.8 Å². The predicted molar refractivity (Wildman–Crippen MR) is 43.4 cm³/mol. The number of nitrogens with two attached hydrogens (primary N) is 1. The maximum atomic E-state index is 5.52. The molecule has 0 saturated heterocycles. The van der Waals surface area contributed by atoms with Crippen LogP contribution >= 0.6 is 0 Å². The van der Waals surface area contributed by atoms with Gasteiger partial charge in [-0.15, -0.1) is 0 Å². The summed E-state index contributed by atoms with van der Waals surface area (Å²) in [6, 6.07) is 0.655. The highest BCUT2D eigenvalue weighted by molar-refractivity contribution is 5.19. The first kappa shape index (κ1) is 8.07. The first-order valence-corrected chi connectivity index (χ1v) is 3.60. The molecule has 0 spiro atoms. The van der Waals surface area contributed by atoms with Crippen LogP contribution in [0.3, 0.4) is 0 Å². The third kappa shape index (κ3) is 2.59. The van der Waals surface area contributed by atoms with Gasteiger partial charge >= 0.3 is 0 Å². The van der Waals surface area contributed by atoms with E-state index in [4.69, 9.17) is 10.2 Å². The minimum Gasteiger partial charge on any atom is -0.429 e. The van der Waals surface area contributed by atoms with Crippen molar-refractivity contribution in [1.29, 1.82) is 0 Å². The summed E-state index contributed by atoms with van der Waals surface area (Å²) >= 11 is 0. The molecule has 0 saturated carbocycles. The van der Waals surface area contributed by atoms with E-state index >= 15 is 0 Å². The second-order valence-corrected chi connectivity index (χ2v) is 2.63. The van der Waals surface area contributed by atoms with E-state index in [1.165, 1.54) is 0 Å². The fourth-order valence-corrected chi connectivity index (χ4v) is 0.685. The Morgan fingerprint density at radius 1 is 1.82 bits per heavy atom. The summed E-state index contributed by atoms with van der Waals surface area (Å²) in [6.07, 6.45) is 1.67. The molecule has 11 heavy (non-hydrogen) atoms. The normalized spacial score (nSPS) is 13.0. The number of nitrogens with zero attached hydrogens (tertiary/aromatic N) is 1. The van der Waals surface area contributed by atoms with Crippen molar-refractivity contribution < 1.29 is 4.42 Å². The zero-order valence-electron chi connectivity index (χ0n) is 6.79. The molecule has 1 aromatic rings. The average molecular weight is 155 g/mol. The van der Waals surface area contributed by atoms with E-state index in [1.54, 1.807) is 6.20 Å². The van der Waals surface area contributed by atoms with Crippen molar-refractivity contribution >= 4 is 6.01 Å². The van der Waals surface area contributed by atoms with Gasteiger partial charge in [0.05, 0.1) is 6.20 Å². The number of hydrogen-bond acceptors (Lipinski definition) is 4. The minimum atomic E-state index is 0.113. The van der Waals surface area contributed by atoms with Crippen LogP contribution in [0.15, 0.2) is 10.6 Å². The summed E-state index contributed by atoms with van der Waals surface area (Å²) in [6.45, 7) is 4.45. The summed E-state index contributed by atoms with van der Waals surface area (Å²) in [5.41, 5.74) is 5.52. The van der Waals surface area contributed by atoms with Gasteiger partial charge in [-0.3, -0.25) is 0 Å². The van der Waals surface area contributed by atoms with Crippen molar-refractivity contribution in [2.75, 3.05) is 11.9 Å². The smallest absolute Gasteiger partial charge is 0.294 e. The standard InChI is InChI=1S/C7H13N3O/c1-5(8)3-9-7-10-4-6(2)11-7/h4-5H,3,8H2,1-2H3,(H,9,10). The average Bonchev–Trinajstić information content (AvgIpc) is 2.31. The maximum Gasteiger partial charge on any atom is 0.294 e. The van der Waals surface area contributed by atoms with Crippen LogP contribution in [0.1, 0.15) is 12.7 Å². The molecule has 4 nitrogen and oxygen atoms in total. The lowest BCUT2D eigenvalue weighted by atomic mass is 10.4. The highest BCUT2D eigenvalue weighted by Gasteiger charge is 1.99. The van der Waals surface area contributed by atoms with E-state index in [9.17, 15) is 0 Å². The van der Waals surface area contributed by atoms with Gasteiger partial charge in [0.1, 0.15) is 5.76 Å². The second kappa shape index (κ2) is 3.39. The van der Waals surface area contributed by atoms with Crippen LogP contribution in [0, 0.1) is 6.92 Å². The van der Waals surface area contributed by atoms with Crippen LogP contribution in [-0.2, 0) is 0 Å². The van der Waals surface area contributed by atoms with E-state index in [-0.39, 0.29) is 6.04 Å². The monoisotopic (exact) mass is 155 g/mol. The van der Waals surface area contributed by atoms with Crippen LogP contribution in [0.25, 0.3) is 0 Å². The minimum absolute atomic E-state index is 0.113. The zero-order valence-corrected chi connectivity index (χ0v) is 6.79. The molecule has 3 N–H and O–H groups in total. The van der Waals surface area contributed by atoms with Crippen LogP contribution in [0.5, 0.6) is 0 Å². The fourth-order valence-electron chi connectivity index (χ4n) is 0.685. The molecule has 0 radical (unpaired) electrons. The van der Waals surface area contributed by atoms with Gasteiger partial charge in [0.2, 0.25) is 0 Å². The van der Waals surface area contributed by atoms with E-state index in [2.05, 4.69) is 10.3 Å². The van der Waals surface area contributed by atoms with Crippen LogP contribution < -0.4 is 11.1 Å². The summed E-state index contributed by atoms with van der Waals surface area (Å²) in [5, 5.41) is 2.96. The molecule has 0 bridgehead atoms. The zero-order chi connectivity index (χ0) is 8.27. The highest BCUT2D eigenvalue weighted by Crippen LogP contribution is 2.05. The molecule has 0 amide bonds. The highest BCUT2D eigenvalue weighted by atomic mass is 16.4. The molecule has 1 unspecified atom stereocenters. The largest absolute Gasteiger partial charge is 0.429 e. The van der Waals surface area contributed by atoms with E-state index in [0.29, 0.717) is 12.6 Å². The summed E-state index contributed by atoms with van der Waals surface area (Å²) in [4.78, 5) is 3.95. The number of rotatable bonds is 3. The number of hydrogen-bond donors (Lipinski definition) is 2. The SMILES string of the molecule is Cc1cnc(NCC(C)N)o1. The summed E-state index contributed by atoms with van der Waals surface area (Å²) in [5.74, 6) is 0.803. The predicted octanol–water partition coefficient (Wildman–Crippen LogP) is 0.742. The van der Waals surface area contributed by atoms with Crippen molar-refractivity contribution in [3.8, 4) is 0 Å². The van der Waals surface area contributed by atoms with Gasteiger partial charge in [0.25, 0.3) is 6.01 Å². The summed E-state index contributed by atoms with van der Waals surface area (Å²) in [7, 11) is 0. The molecular formula is C7H13N3O. The Labute approximate surface area is 65.8 Å². The molecule has 1 rings (SSSR count). The maximum absolute atomic E-state index is 5.52. The Hall–Kier alpha value is -1.03. The van der Waals surface area contributed by atoms with Gasteiger partial charge in [-0.2, -0.15) is 0 Å². The van der Waals surface area contributed by atoms with Gasteiger partial charge < -0.3 is 15.5 Å². The molecular weight excluding hydrogens is 142 g/mol. The molecule has 1 heterocycles. The second-order valence-electron chi connectivity index (χ2n) is 2.63. The number of aromatic nitrogens is 1. The topological polar surface area (TPSA) is 64.1 Å². The van der Waals surface area contributed by atoms with Crippen molar-refractivity contribution in [3.05, 3.63) is 12.0 Å². The fraction of sp³-hybridized carbons (Fsp3) is 0.571. The van der Waals surface area contributed by atoms with Crippen molar-refractivity contribution in [2.24, 2.45) is 5.73 Å². The van der Waals surface area contributed by atoms with Crippen molar-refractivity contribution in [1.82, 2.24) is 4.98 Å². The molecule has 1 aromatic heterocycles. The molecule has 0 fully saturated rings. The molecule has 1 atom stereocenters. The Balaban J connectivity index is 2.39. The van der Waals surface area contributed by atoms with Crippen LogP contribution in [0.4, 0.5) is 6.01 Å². The lowest BCUT2D eigenvalue weighted by Crippen LogP contribution is -2.25. The number of anilines is 1. The van der Waals surface area contributed by atoms with Gasteiger partial charge in [-0.25, -0.2) is 4.98 Å². The Morgan fingerprint density at radius 3 is 3.00 bits per heavy atom. The van der Waals surface area contributed by atoms with Crippen molar-refractivity contribution in [2.45, 2.75) is 19.9 Å². The van der Waals surface area contributed by atoms with Gasteiger partial charge in [0, 0.05) is 12.6 Å². The van der Waals surface area contributed by atoms with E-state index in [0.717, 1.165) is 5.76 Å². The lowest BCUT2D eigenvalue weighted by Gasteiger charge is -2.03. The van der Waals surface area contributed by atoms with Crippen molar-refractivity contribution in [3.63, 3.8) is 0 Å². The number of aryl methyl sites for hydroxylation is 1. The molecule has 4 heteroatoms.